The molecule has 0 radical (unpaired) electrons. The molecule has 4 aromatic rings. The van der Waals surface area contributed by atoms with Crippen LogP contribution in [-0.2, 0) is 13.0 Å². The van der Waals surface area contributed by atoms with Crippen molar-refractivity contribution in [2.45, 2.75) is 77.4 Å². The second-order valence-corrected chi connectivity index (χ2v) is 10.1. The van der Waals surface area contributed by atoms with Gasteiger partial charge in [-0.15, -0.1) is 5.10 Å². The van der Waals surface area contributed by atoms with Crippen molar-refractivity contribution in [2.75, 3.05) is 6.54 Å². The number of nitrogens with zero attached hydrogens (tertiary/aromatic N) is 5. The van der Waals surface area contributed by atoms with E-state index in [1.165, 1.54) is 24.0 Å². The molecule has 36 heavy (non-hydrogen) atoms. The Morgan fingerprint density at radius 1 is 1.11 bits per heavy atom. The molecule has 7 heteroatoms. The fraction of sp³-hybridized carbons (Fsp3) is 0.448. The lowest BCUT2D eigenvalue weighted by atomic mass is 10.0. The number of pyridine rings is 1. The summed E-state index contributed by atoms with van der Waals surface area (Å²) in [6.45, 7) is 5.65. The molecule has 5 rings (SSSR count). The molecule has 1 aliphatic carbocycles. The van der Waals surface area contributed by atoms with Crippen LogP contribution in [0.2, 0.25) is 0 Å². The molecule has 1 atom stereocenters. The van der Waals surface area contributed by atoms with Crippen molar-refractivity contribution in [1.82, 2.24) is 30.1 Å². The Labute approximate surface area is 212 Å². The van der Waals surface area contributed by atoms with E-state index in [0.717, 1.165) is 60.9 Å². The third-order valence-electron chi connectivity index (χ3n) is 7.47. The summed E-state index contributed by atoms with van der Waals surface area (Å²) in [5, 5.41) is 14.2. The van der Waals surface area contributed by atoms with E-state index >= 15 is 0 Å². The molecule has 1 saturated carbocycles. The monoisotopic (exact) mass is 484 g/mol. The first-order chi connectivity index (χ1) is 17.6. The van der Waals surface area contributed by atoms with Crippen molar-refractivity contribution < 1.29 is 0 Å². The maximum Gasteiger partial charge on any atom is 0.252 e. The van der Waals surface area contributed by atoms with Crippen LogP contribution in [0.1, 0.15) is 80.0 Å². The number of aromatic amines is 1. The van der Waals surface area contributed by atoms with Gasteiger partial charge < -0.3 is 4.98 Å². The van der Waals surface area contributed by atoms with Crippen LogP contribution in [0.3, 0.4) is 0 Å². The predicted molar refractivity (Wildman–Crippen MR) is 143 cm³/mol. The van der Waals surface area contributed by atoms with Crippen molar-refractivity contribution in [3.63, 3.8) is 0 Å². The number of aromatic nitrogens is 5. The molecule has 1 N–H and O–H groups in total. The molecule has 2 heterocycles. The number of hydrogen-bond donors (Lipinski definition) is 1. The SMILES string of the molecule is CCC[C@@H](c1nnnn1C1CCCC1)N(CCc1ccccc1)Cc1cc2cc(C)ccc2[nH]c1=O. The van der Waals surface area contributed by atoms with Crippen molar-refractivity contribution in [3.05, 3.63) is 87.5 Å². The Kier molecular flexibility index (Phi) is 7.56. The van der Waals surface area contributed by atoms with Crippen LogP contribution in [0.4, 0.5) is 0 Å². The summed E-state index contributed by atoms with van der Waals surface area (Å²) in [7, 11) is 0. The minimum Gasteiger partial charge on any atom is -0.322 e. The number of hydrogen-bond acceptors (Lipinski definition) is 5. The summed E-state index contributed by atoms with van der Waals surface area (Å²) >= 11 is 0. The zero-order chi connectivity index (χ0) is 24.9. The van der Waals surface area contributed by atoms with E-state index in [9.17, 15) is 4.79 Å². The van der Waals surface area contributed by atoms with E-state index in [4.69, 9.17) is 0 Å². The van der Waals surface area contributed by atoms with Gasteiger partial charge in [-0.25, -0.2) is 4.68 Å². The number of nitrogens with one attached hydrogen (secondary N) is 1. The molecule has 7 nitrogen and oxygen atoms in total. The first-order valence-electron chi connectivity index (χ1n) is 13.3. The van der Waals surface area contributed by atoms with Crippen LogP contribution in [0.25, 0.3) is 10.9 Å². The van der Waals surface area contributed by atoms with Crippen molar-refractivity contribution >= 4 is 10.9 Å². The zero-order valence-electron chi connectivity index (χ0n) is 21.4. The molecule has 2 aromatic heterocycles. The van der Waals surface area contributed by atoms with Gasteiger partial charge in [-0.3, -0.25) is 9.69 Å². The van der Waals surface area contributed by atoms with Crippen LogP contribution in [0, 0.1) is 6.92 Å². The third-order valence-corrected chi connectivity index (χ3v) is 7.47. The van der Waals surface area contributed by atoms with Gasteiger partial charge in [-0.2, -0.15) is 0 Å². The quantitative estimate of drug-likeness (QED) is 0.320. The fourth-order valence-corrected chi connectivity index (χ4v) is 5.55. The topological polar surface area (TPSA) is 79.7 Å². The smallest absolute Gasteiger partial charge is 0.252 e. The van der Waals surface area contributed by atoms with Crippen molar-refractivity contribution in [2.24, 2.45) is 0 Å². The number of aryl methyl sites for hydroxylation is 1. The molecule has 0 bridgehead atoms. The molecule has 1 aliphatic rings. The lowest BCUT2D eigenvalue weighted by Gasteiger charge is -2.31. The number of H-pyrrole nitrogens is 1. The fourth-order valence-electron chi connectivity index (χ4n) is 5.55. The van der Waals surface area contributed by atoms with E-state index in [-0.39, 0.29) is 11.6 Å². The van der Waals surface area contributed by atoms with E-state index < -0.39 is 0 Å². The Hall–Kier alpha value is -3.32. The highest BCUT2D eigenvalue weighted by Gasteiger charge is 2.30. The van der Waals surface area contributed by atoms with E-state index in [2.05, 4.69) is 80.3 Å². The molecule has 0 amide bonds. The van der Waals surface area contributed by atoms with Gasteiger partial charge in [0.15, 0.2) is 5.82 Å². The van der Waals surface area contributed by atoms with E-state index in [1.807, 2.05) is 18.2 Å². The average molecular weight is 485 g/mol. The minimum absolute atomic E-state index is 0.0262. The molecular formula is C29H36N6O. The van der Waals surface area contributed by atoms with Gasteiger partial charge in [0.25, 0.3) is 5.56 Å². The van der Waals surface area contributed by atoms with Crippen LogP contribution in [0.15, 0.2) is 59.4 Å². The largest absolute Gasteiger partial charge is 0.322 e. The Balaban J connectivity index is 1.51. The summed E-state index contributed by atoms with van der Waals surface area (Å²) in [5.74, 6) is 0.935. The number of benzene rings is 2. The number of fused-ring (bicyclic) bond motifs is 1. The lowest BCUT2D eigenvalue weighted by molar-refractivity contribution is 0.163. The van der Waals surface area contributed by atoms with Gasteiger partial charge in [-0.1, -0.05) is 68.1 Å². The summed E-state index contributed by atoms with van der Waals surface area (Å²) in [6, 6.07) is 19.2. The van der Waals surface area contributed by atoms with E-state index in [1.54, 1.807) is 0 Å². The van der Waals surface area contributed by atoms with Gasteiger partial charge in [-0.05, 0) is 72.2 Å². The standard InChI is InChI=1S/C29H36N6O/c1-3-9-27(28-31-32-33-35(28)25-12-7-8-13-25)34(17-16-22-10-5-4-6-11-22)20-24-19-23-18-21(2)14-15-26(23)30-29(24)36/h4-6,10-11,14-15,18-19,25,27H,3,7-9,12-13,16-17,20H2,1-2H3,(H,30,36)/t27-/m0/s1. The second kappa shape index (κ2) is 11.2. The van der Waals surface area contributed by atoms with Gasteiger partial charge in [0.2, 0.25) is 0 Å². The predicted octanol–water partition coefficient (Wildman–Crippen LogP) is 5.52. The molecule has 0 saturated heterocycles. The highest BCUT2D eigenvalue weighted by molar-refractivity contribution is 5.79. The van der Waals surface area contributed by atoms with Crippen LogP contribution < -0.4 is 5.56 Å². The van der Waals surface area contributed by atoms with Gasteiger partial charge >= 0.3 is 0 Å². The van der Waals surface area contributed by atoms with E-state index in [0.29, 0.717) is 12.6 Å². The molecule has 2 aromatic carbocycles. The maximum absolute atomic E-state index is 13.1. The summed E-state index contributed by atoms with van der Waals surface area (Å²) in [5.41, 5.74) is 4.10. The zero-order valence-corrected chi connectivity index (χ0v) is 21.4. The average Bonchev–Trinajstić information content (AvgIpc) is 3.58. The van der Waals surface area contributed by atoms with Gasteiger partial charge in [0, 0.05) is 24.2 Å². The highest BCUT2D eigenvalue weighted by atomic mass is 16.1. The Bertz CT molecular complexity index is 1340. The number of tetrazole rings is 1. The first kappa shape index (κ1) is 24.4. The first-order valence-corrected chi connectivity index (χ1v) is 13.3. The van der Waals surface area contributed by atoms with Crippen molar-refractivity contribution in [3.8, 4) is 0 Å². The van der Waals surface area contributed by atoms with Crippen LogP contribution >= 0.6 is 0 Å². The molecule has 1 fully saturated rings. The van der Waals surface area contributed by atoms with Crippen molar-refractivity contribution in [1.29, 1.82) is 0 Å². The lowest BCUT2D eigenvalue weighted by Crippen LogP contribution is -2.34. The summed E-state index contributed by atoms with van der Waals surface area (Å²) in [4.78, 5) is 18.7. The number of rotatable bonds is 10. The normalized spacial score (nSPS) is 15.2. The highest BCUT2D eigenvalue weighted by Crippen LogP contribution is 2.33. The van der Waals surface area contributed by atoms with Crippen LogP contribution in [-0.4, -0.2) is 36.6 Å². The Morgan fingerprint density at radius 2 is 1.92 bits per heavy atom. The van der Waals surface area contributed by atoms with Gasteiger partial charge in [0.05, 0.1) is 12.1 Å². The van der Waals surface area contributed by atoms with Crippen LogP contribution in [0.5, 0.6) is 0 Å². The molecular weight excluding hydrogens is 448 g/mol. The molecule has 0 unspecified atom stereocenters. The molecule has 188 valence electrons. The van der Waals surface area contributed by atoms with Gasteiger partial charge in [0.1, 0.15) is 0 Å². The second-order valence-electron chi connectivity index (χ2n) is 10.1. The molecule has 0 aliphatic heterocycles. The Morgan fingerprint density at radius 3 is 2.69 bits per heavy atom. The maximum atomic E-state index is 13.1. The molecule has 0 spiro atoms. The summed E-state index contributed by atoms with van der Waals surface area (Å²) in [6.07, 6.45) is 7.56. The minimum atomic E-state index is -0.0262. The third kappa shape index (κ3) is 5.41. The summed E-state index contributed by atoms with van der Waals surface area (Å²) < 4.78 is 2.08.